The Labute approximate surface area is 104 Å². The first-order valence-corrected chi connectivity index (χ1v) is 6.39. The molecule has 5 nitrogen and oxygen atoms in total. The summed E-state index contributed by atoms with van der Waals surface area (Å²) < 4.78 is 0. The molecule has 1 fully saturated rings. The van der Waals surface area contributed by atoms with Crippen LogP contribution in [0.5, 0.6) is 0 Å². The third-order valence-corrected chi connectivity index (χ3v) is 3.71. The Balaban J connectivity index is 2.18. The van der Waals surface area contributed by atoms with Gasteiger partial charge in [-0.15, -0.1) is 11.3 Å². The number of thiazole rings is 1. The summed E-state index contributed by atoms with van der Waals surface area (Å²) in [5, 5.41) is 3.64. The molecule has 0 radical (unpaired) electrons. The van der Waals surface area contributed by atoms with Crippen LogP contribution in [0.4, 0.5) is 0 Å². The highest BCUT2D eigenvalue weighted by atomic mass is 32.1. The lowest BCUT2D eigenvalue weighted by molar-refractivity contribution is -0.121. The second kappa shape index (κ2) is 4.83. The second-order valence-electron chi connectivity index (χ2n) is 4.08. The highest BCUT2D eigenvalue weighted by Gasteiger charge is 2.24. The number of nitrogens with zero attached hydrogens (tertiary/aromatic N) is 2. The van der Waals surface area contributed by atoms with E-state index in [-0.39, 0.29) is 18.4 Å². The highest BCUT2D eigenvalue weighted by Crippen LogP contribution is 2.19. The van der Waals surface area contributed by atoms with Crippen LogP contribution in [-0.4, -0.2) is 41.3 Å². The maximum absolute atomic E-state index is 12.2. The van der Waals surface area contributed by atoms with Crippen LogP contribution in [0.1, 0.15) is 26.8 Å². The Morgan fingerprint density at radius 1 is 1.47 bits per heavy atom. The largest absolute Gasteiger partial charge is 0.354 e. The van der Waals surface area contributed by atoms with Crippen LogP contribution in [0.15, 0.2) is 0 Å². The number of hydrogen-bond acceptors (Lipinski definition) is 4. The summed E-state index contributed by atoms with van der Waals surface area (Å²) in [6.45, 7) is 5.12. The average Bonchev–Trinajstić information content (AvgIpc) is 2.49. The molecule has 2 rings (SSSR count). The lowest BCUT2D eigenvalue weighted by Gasteiger charge is -2.18. The highest BCUT2D eigenvalue weighted by molar-refractivity contribution is 7.13. The second-order valence-corrected chi connectivity index (χ2v) is 5.28. The monoisotopic (exact) mass is 253 g/mol. The molecule has 0 saturated carbocycles. The molecular formula is C11H15N3O2S. The number of carbonyl (C=O) groups is 2. The van der Waals surface area contributed by atoms with Crippen LogP contribution in [0.2, 0.25) is 0 Å². The van der Waals surface area contributed by atoms with E-state index < -0.39 is 0 Å². The topological polar surface area (TPSA) is 62.3 Å². The zero-order valence-electron chi connectivity index (χ0n) is 9.95. The van der Waals surface area contributed by atoms with Crippen molar-refractivity contribution in [1.29, 1.82) is 0 Å². The number of carbonyl (C=O) groups excluding carboxylic acids is 2. The predicted molar refractivity (Wildman–Crippen MR) is 65.1 cm³/mol. The minimum absolute atomic E-state index is 0.0786. The molecule has 1 aromatic heterocycles. The molecular weight excluding hydrogens is 238 g/mol. The summed E-state index contributed by atoms with van der Waals surface area (Å²) >= 11 is 1.39. The fraction of sp³-hybridized carbons (Fsp3) is 0.545. The standard InChI is InChI=1S/C11H15N3O2S/c1-7-10(17-8(2)13-7)11(16)14-5-3-4-12-9(15)6-14/h3-6H2,1-2H3,(H,12,15). The molecule has 1 aliphatic rings. The van der Waals surface area contributed by atoms with Gasteiger partial charge in [0, 0.05) is 13.1 Å². The molecule has 0 aromatic carbocycles. The van der Waals surface area contributed by atoms with Gasteiger partial charge in [-0.1, -0.05) is 0 Å². The van der Waals surface area contributed by atoms with E-state index in [1.165, 1.54) is 11.3 Å². The number of aromatic nitrogens is 1. The van der Waals surface area contributed by atoms with Crippen LogP contribution in [0, 0.1) is 13.8 Å². The fourth-order valence-electron chi connectivity index (χ4n) is 1.85. The Kier molecular flexibility index (Phi) is 3.42. The molecule has 0 aliphatic carbocycles. The van der Waals surface area contributed by atoms with Crippen molar-refractivity contribution in [3.63, 3.8) is 0 Å². The lowest BCUT2D eigenvalue weighted by atomic mass is 10.3. The normalized spacial score (nSPS) is 16.6. The van der Waals surface area contributed by atoms with Crippen molar-refractivity contribution in [3.05, 3.63) is 15.6 Å². The van der Waals surface area contributed by atoms with Gasteiger partial charge in [0.15, 0.2) is 0 Å². The lowest BCUT2D eigenvalue weighted by Crippen LogP contribution is -2.37. The van der Waals surface area contributed by atoms with E-state index in [2.05, 4.69) is 10.3 Å². The summed E-state index contributed by atoms with van der Waals surface area (Å²) in [5.41, 5.74) is 0.752. The van der Waals surface area contributed by atoms with Crippen molar-refractivity contribution in [1.82, 2.24) is 15.2 Å². The molecule has 0 unspecified atom stereocenters. The molecule has 2 amide bonds. The average molecular weight is 253 g/mol. The zero-order chi connectivity index (χ0) is 12.4. The summed E-state index contributed by atoms with van der Waals surface area (Å²) in [5.74, 6) is -0.167. The van der Waals surface area contributed by atoms with Crippen molar-refractivity contribution in [3.8, 4) is 0 Å². The molecule has 1 aliphatic heterocycles. The molecule has 6 heteroatoms. The van der Waals surface area contributed by atoms with E-state index in [0.717, 1.165) is 17.1 Å². The van der Waals surface area contributed by atoms with Crippen LogP contribution in [0.25, 0.3) is 0 Å². The van der Waals surface area contributed by atoms with Crippen molar-refractivity contribution >= 4 is 23.2 Å². The Morgan fingerprint density at radius 2 is 2.24 bits per heavy atom. The van der Waals surface area contributed by atoms with Crippen molar-refractivity contribution in [2.45, 2.75) is 20.3 Å². The molecule has 1 N–H and O–H groups in total. The Morgan fingerprint density at radius 3 is 2.88 bits per heavy atom. The van der Waals surface area contributed by atoms with Gasteiger partial charge in [-0.05, 0) is 20.3 Å². The minimum atomic E-state index is -0.0882. The van der Waals surface area contributed by atoms with Gasteiger partial charge in [-0.3, -0.25) is 9.59 Å². The van der Waals surface area contributed by atoms with Gasteiger partial charge in [-0.25, -0.2) is 4.98 Å². The van der Waals surface area contributed by atoms with Crippen molar-refractivity contribution in [2.24, 2.45) is 0 Å². The van der Waals surface area contributed by atoms with Gasteiger partial charge in [-0.2, -0.15) is 0 Å². The van der Waals surface area contributed by atoms with E-state index in [1.54, 1.807) is 4.90 Å². The van der Waals surface area contributed by atoms with E-state index in [4.69, 9.17) is 0 Å². The fourth-order valence-corrected chi connectivity index (χ4v) is 2.74. The molecule has 92 valence electrons. The van der Waals surface area contributed by atoms with E-state index >= 15 is 0 Å². The zero-order valence-corrected chi connectivity index (χ0v) is 10.8. The van der Waals surface area contributed by atoms with E-state index in [1.807, 2.05) is 13.8 Å². The van der Waals surface area contributed by atoms with Crippen LogP contribution in [-0.2, 0) is 4.79 Å². The Hall–Kier alpha value is -1.43. The SMILES string of the molecule is Cc1nc(C)c(C(=O)N2CCCNC(=O)C2)s1. The summed E-state index contributed by atoms with van der Waals surface area (Å²) in [4.78, 5) is 30.1. The summed E-state index contributed by atoms with van der Waals surface area (Å²) in [6.07, 6.45) is 0.800. The number of aryl methyl sites for hydroxylation is 2. The molecule has 2 heterocycles. The van der Waals surface area contributed by atoms with Gasteiger partial charge in [0.1, 0.15) is 4.88 Å². The maximum Gasteiger partial charge on any atom is 0.266 e. The summed E-state index contributed by atoms with van der Waals surface area (Å²) in [6, 6.07) is 0. The number of amides is 2. The van der Waals surface area contributed by atoms with E-state index in [0.29, 0.717) is 18.0 Å². The van der Waals surface area contributed by atoms with Crippen molar-refractivity contribution in [2.75, 3.05) is 19.6 Å². The predicted octanol–water partition coefficient (Wildman–Crippen LogP) is 0.722. The molecule has 0 atom stereocenters. The van der Waals surface area contributed by atoms with E-state index in [9.17, 15) is 9.59 Å². The molecule has 17 heavy (non-hydrogen) atoms. The summed E-state index contributed by atoms with van der Waals surface area (Å²) in [7, 11) is 0. The minimum Gasteiger partial charge on any atom is -0.354 e. The van der Waals surface area contributed by atoms with Gasteiger partial charge in [0.2, 0.25) is 5.91 Å². The van der Waals surface area contributed by atoms with Gasteiger partial charge >= 0.3 is 0 Å². The Bertz CT molecular complexity index is 456. The van der Waals surface area contributed by atoms with Crippen molar-refractivity contribution < 1.29 is 9.59 Å². The molecule has 0 spiro atoms. The number of nitrogens with one attached hydrogen (secondary N) is 1. The smallest absolute Gasteiger partial charge is 0.266 e. The van der Waals surface area contributed by atoms with Crippen LogP contribution >= 0.6 is 11.3 Å². The first-order valence-electron chi connectivity index (χ1n) is 5.58. The van der Waals surface area contributed by atoms with Gasteiger partial charge in [0.25, 0.3) is 5.91 Å². The molecule has 1 saturated heterocycles. The first kappa shape index (κ1) is 12.0. The first-order chi connectivity index (χ1) is 8.08. The number of hydrogen-bond donors (Lipinski definition) is 1. The third kappa shape index (κ3) is 2.63. The molecule has 0 bridgehead atoms. The maximum atomic E-state index is 12.2. The van der Waals surface area contributed by atoms with Gasteiger partial charge < -0.3 is 10.2 Å². The van der Waals surface area contributed by atoms with Gasteiger partial charge in [0.05, 0.1) is 17.2 Å². The number of rotatable bonds is 1. The van der Waals surface area contributed by atoms with Crippen LogP contribution in [0.3, 0.4) is 0 Å². The van der Waals surface area contributed by atoms with Crippen LogP contribution < -0.4 is 5.32 Å². The third-order valence-electron chi connectivity index (χ3n) is 2.65. The quantitative estimate of drug-likeness (QED) is 0.802. The molecule has 1 aromatic rings.